The highest BCUT2D eigenvalue weighted by Crippen LogP contribution is 2.36. The van der Waals surface area contributed by atoms with Crippen molar-refractivity contribution < 1.29 is 9.50 Å². The van der Waals surface area contributed by atoms with E-state index in [0.717, 1.165) is 0 Å². The number of hydrogen-bond donors (Lipinski definition) is 1. The van der Waals surface area contributed by atoms with E-state index < -0.39 is 17.4 Å². The first-order chi connectivity index (χ1) is 11.3. The van der Waals surface area contributed by atoms with Gasteiger partial charge in [0.2, 0.25) is 5.88 Å². The van der Waals surface area contributed by atoms with E-state index in [1.54, 1.807) is 18.3 Å². The van der Waals surface area contributed by atoms with Crippen LogP contribution in [-0.2, 0) is 0 Å². The molecule has 5 nitrogen and oxygen atoms in total. The van der Waals surface area contributed by atoms with Crippen molar-refractivity contribution in [1.82, 2.24) is 14.5 Å². The van der Waals surface area contributed by atoms with Crippen LogP contribution >= 0.6 is 27.5 Å². The van der Waals surface area contributed by atoms with Gasteiger partial charge in [0.25, 0.3) is 0 Å². The lowest BCUT2D eigenvalue weighted by molar-refractivity contribution is 0.453. The van der Waals surface area contributed by atoms with E-state index in [2.05, 4.69) is 25.9 Å². The Morgan fingerprint density at radius 1 is 1.42 bits per heavy atom. The average molecular weight is 413 g/mol. The predicted octanol–water partition coefficient (Wildman–Crippen LogP) is 4.16. The van der Waals surface area contributed by atoms with Crippen LogP contribution in [0.5, 0.6) is 5.88 Å². The summed E-state index contributed by atoms with van der Waals surface area (Å²) in [5.41, 5.74) is 0.545. The van der Waals surface area contributed by atoms with E-state index >= 15 is 0 Å². The fourth-order valence-corrected chi connectivity index (χ4v) is 3.09. The molecule has 0 atom stereocenters. The molecule has 1 N–H and O–H groups in total. The Kier molecular flexibility index (Phi) is 4.31. The summed E-state index contributed by atoms with van der Waals surface area (Å²) in [7, 11) is 0. The number of aromatic nitrogens is 3. The van der Waals surface area contributed by atoms with Crippen molar-refractivity contribution in [1.29, 1.82) is 0 Å². The predicted molar refractivity (Wildman–Crippen MR) is 93.6 cm³/mol. The summed E-state index contributed by atoms with van der Waals surface area (Å²) in [4.78, 5) is 20.3. The molecule has 0 aliphatic heterocycles. The molecule has 0 saturated heterocycles. The van der Waals surface area contributed by atoms with Crippen LogP contribution in [0.3, 0.4) is 0 Å². The van der Waals surface area contributed by atoms with E-state index in [1.807, 2.05) is 13.8 Å². The number of rotatable bonds is 2. The minimum atomic E-state index is -0.852. The summed E-state index contributed by atoms with van der Waals surface area (Å²) in [5.74, 6) is -1.53. The molecule has 3 rings (SSSR count). The van der Waals surface area contributed by atoms with Crippen LogP contribution in [0.2, 0.25) is 5.02 Å². The molecule has 0 unspecified atom stereocenters. The van der Waals surface area contributed by atoms with Gasteiger partial charge >= 0.3 is 5.69 Å². The van der Waals surface area contributed by atoms with E-state index in [-0.39, 0.29) is 26.3 Å². The third-order valence-corrected chi connectivity index (χ3v) is 4.83. The zero-order chi connectivity index (χ0) is 17.6. The zero-order valence-electron chi connectivity index (χ0n) is 12.7. The average Bonchev–Trinajstić information content (AvgIpc) is 2.52. The number of hydrogen-bond acceptors (Lipinski definition) is 4. The van der Waals surface area contributed by atoms with Gasteiger partial charge in [-0.1, -0.05) is 25.4 Å². The van der Waals surface area contributed by atoms with E-state index in [0.29, 0.717) is 11.4 Å². The lowest BCUT2D eigenvalue weighted by atomic mass is 10.1. The fourth-order valence-electron chi connectivity index (χ4n) is 2.55. The highest BCUT2D eigenvalue weighted by molar-refractivity contribution is 9.10. The number of halogens is 3. The van der Waals surface area contributed by atoms with Crippen LogP contribution in [0.15, 0.2) is 33.7 Å². The van der Waals surface area contributed by atoms with Crippen molar-refractivity contribution in [3.05, 3.63) is 55.9 Å². The molecule has 0 spiro atoms. The molecule has 8 heteroatoms. The molecule has 0 bridgehead atoms. The Morgan fingerprint density at radius 2 is 2.12 bits per heavy atom. The fraction of sp³-hybridized carbons (Fsp3) is 0.188. The Hall–Kier alpha value is -1.99. The molecule has 2 heterocycles. The molecule has 24 heavy (non-hydrogen) atoms. The van der Waals surface area contributed by atoms with Crippen molar-refractivity contribution in [3.63, 3.8) is 0 Å². The van der Waals surface area contributed by atoms with Crippen molar-refractivity contribution in [3.8, 4) is 11.6 Å². The Labute approximate surface area is 149 Å². The minimum absolute atomic E-state index is 0.0255. The topological polar surface area (TPSA) is 68.0 Å². The first-order valence-electron chi connectivity index (χ1n) is 7.07. The molecule has 0 fully saturated rings. The number of benzene rings is 1. The lowest BCUT2D eigenvalue weighted by Crippen LogP contribution is -2.23. The Morgan fingerprint density at radius 3 is 2.79 bits per heavy atom. The van der Waals surface area contributed by atoms with Gasteiger partial charge in [-0.05, 0) is 40.0 Å². The quantitative estimate of drug-likeness (QED) is 0.642. The van der Waals surface area contributed by atoms with Gasteiger partial charge in [0.05, 0.1) is 27.3 Å². The molecule has 0 aliphatic rings. The van der Waals surface area contributed by atoms with Gasteiger partial charge in [-0.2, -0.15) is 4.98 Å². The number of fused-ring (bicyclic) bond motifs is 1. The maximum Gasteiger partial charge on any atom is 0.356 e. The largest absolute Gasteiger partial charge is 0.493 e. The molecule has 0 amide bonds. The standard InChI is InChI=1S/C16H12BrClFN3O2/c1-7(2)14-9(4-3-5-20-14)22-10-6-8(17)12(18)13(19)11(10)15(23)21-16(22)24/h3-7H,1-2H3,(H,21,23,24). The Balaban J connectivity index is 2.53. The second-order valence-corrected chi connectivity index (χ2v) is 6.73. The third-order valence-electron chi connectivity index (χ3n) is 3.60. The van der Waals surface area contributed by atoms with E-state index in [9.17, 15) is 14.3 Å². The first kappa shape index (κ1) is 16.9. The number of nitrogens with zero attached hydrogens (tertiary/aromatic N) is 3. The van der Waals surface area contributed by atoms with E-state index in [4.69, 9.17) is 11.6 Å². The molecule has 0 aliphatic carbocycles. The maximum absolute atomic E-state index is 14.5. The third kappa shape index (κ3) is 2.57. The van der Waals surface area contributed by atoms with Gasteiger partial charge in [-0.25, -0.2) is 9.18 Å². The van der Waals surface area contributed by atoms with Gasteiger partial charge in [0, 0.05) is 10.7 Å². The zero-order valence-corrected chi connectivity index (χ0v) is 15.1. The second kappa shape index (κ2) is 6.14. The smallest absolute Gasteiger partial charge is 0.356 e. The van der Waals surface area contributed by atoms with E-state index in [1.165, 1.54) is 10.6 Å². The molecule has 0 saturated carbocycles. The molecule has 124 valence electrons. The van der Waals surface area contributed by atoms with Crippen LogP contribution in [0.25, 0.3) is 16.6 Å². The molecule has 2 aromatic heterocycles. The maximum atomic E-state index is 14.5. The molecular weight excluding hydrogens is 401 g/mol. The van der Waals surface area contributed by atoms with Crippen LogP contribution in [-0.4, -0.2) is 19.6 Å². The molecule has 0 radical (unpaired) electrons. The van der Waals surface area contributed by atoms with Crippen LogP contribution in [0.1, 0.15) is 25.5 Å². The van der Waals surface area contributed by atoms with Gasteiger partial charge in [0.15, 0.2) is 5.82 Å². The summed E-state index contributed by atoms with van der Waals surface area (Å²) in [6.07, 6.45) is 1.62. The lowest BCUT2D eigenvalue weighted by Gasteiger charge is -2.16. The van der Waals surface area contributed by atoms with Gasteiger partial charge < -0.3 is 5.11 Å². The number of pyridine rings is 1. The number of aromatic hydroxyl groups is 1. The van der Waals surface area contributed by atoms with Gasteiger partial charge in [0.1, 0.15) is 0 Å². The summed E-state index contributed by atoms with van der Waals surface area (Å²) in [6, 6.07) is 4.84. The molecule has 3 aromatic rings. The summed E-state index contributed by atoms with van der Waals surface area (Å²) >= 11 is 9.05. The normalized spacial score (nSPS) is 11.4. The summed E-state index contributed by atoms with van der Waals surface area (Å²) in [5, 5.41) is 9.53. The van der Waals surface area contributed by atoms with Crippen molar-refractivity contribution in [2.45, 2.75) is 19.8 Å². The minimum Gasteiger partial charge on any atom is -0.493 e. The summed E-state index contributed by atoms with van der Waals surface area (Å²) in [6.45, 7) is 3.86. The summed E-state index contributed by atoms with van der Waals surface area (Å²) < 4.78 is 16.0. The second-order valence-electron chi connectivity index (χ2n) is 5.50. The van der Waals surface area contributed by atoms with Crippen molar-refractivity contribution in [2.24, 2.45) is 0 Å². The molecular formula is C16H12BrClFN3O2. The Bertz CT molecular complexity index is 1020. The van der Waals surface area contributed by atoms with Crippen molar-refractivity contribution >= 4 is 38.4 Å². The monoisotopic (exact) mass is 411 g/mol. The van der Waals surface area contributed by atoms with Crippen LogP contribution < -0.4 is 5.69 Å². The van der Waals surface area contributed by atoms with Crippen molar-refractivity contribution in [2.75, 3.05) is 0 Å². The van der Waals surface area contributed by atoms with Crippen LogP contribution in [0.4, 0.5) is 4.39 Å². The highest BCUT2D eigenvalue weighted by atomic mass is 79.9. The molecule has 1 aromatic carbocycles. The van der Waals surface area contributed by atoms with Crippen LogP contribution in [0, 0.1) is 5.82 Å². The highest BCUT2D eigenvalue weighted by Gasteiger charge is 2.21. The van der Waals surface area contributed by atoms with Gasteiger partial charge in [-0.15, -0.1) is 0 Å². The SMILES string of the molecule is CC(C)c1ncccc1-n1c(=O)nc(O)c2c(F)c(Cl)c(Br)cc21. The van der Waals surface area contributed by atoms with Gasteiger partial charge in [-0.3, -0.25) is 9.55 Å². The first-order valence-corrected chi connectivity index (χ1v) is 8.24.